The number of hydrogen-bond donors (Lipinski definition) is 2. The summed E-state index contributed by atoms with van der Waals surface area (Å²) < 4.78 is 39.4. The zero-order valence-electron chi connectivity index (χ0n) is 16.7. The van der Waals surface area contributed by atoms with Gasteiger partial charge >= 0.3 is 6.18 Å². The summed E-state index contributed by atoms with van der Waals surface area (Å²) >= 11 is 1.42. The number of alkyl halides is 3. The first-order valence-electron chi connectivity index (χ1n) is 10.0. The lowest BCUT2D eigenvalue weighted by Crippen LogP contribution is -2.54. The van der Waals surface area contributed by atoms with Crippen LogP contribution in [0.4, 0.5) is 13.2 Å². The average Bonchev–Trinajstić information content (AvgIpc) is 2.92. The number of rotatable bonds is 3. The summed E-state index contributed by atoms with van der Waals surface area (Å²) in [4.78, 5) is 16.9. The summed E-state index contributed by atoms with van der Waals surface area (Å²) in [6, 6.07) is 9.35. The average molecular weight is 473 g/mol. The minimum absolute atomic E-state index is 0. The van der Waals surface area contributed by atoms with Gasteiger partial charge in [-0.05, 0) is 60.7 Å². The number of aryl methyl sites for hydroxylation is 1. The summed E-state index contributed by atoms with van der Waals surface area (Å²) in [5, 5.41) is 12.6. The molecule has 2 aromatic rings. The largest absolute Gasteiger partial charge is 0.416 e. The molecule has 4 nitrogen and oxygen atoms in total. The molecule has 1 atom stereocenters. The fourth-order valence-electron chi connectivity index (χ4n) is 4.14. The number of benzene rings is 2. The molecular weight excluding hydrogens is 449 g/mol. The van der Waals surface area contributed by atoms with Gasteiger partial charge in [-0.1, -0.05) is 17.8 Å². The molecule has 0 saturated carbocycles. The van der Waals surface area contributed by atoms with Crippen LogP contribution in [0.2, 0.25) is 0 Å². The molecule has 2 N–H and O–H groups in total. The standard InChI is InChI=1S/C22H23F3N2O2S.ClH/c23-22(24,25)15-5-7-19-14(12-15)4-6-17-18(2-1-3-20(17)30-19)21(29)27-10-9-26-13-16(27)8-11-28;/h1-3,5,7,12,16,26,28H,4,6,8-11,13H2;1H. The van der Waals surface area contributed by atoms with Crippen LogP contribution in [0.25, 0.3) is 0 Å². The van der Waals surface area contributed by atoms with Crippen LogP contribution in [-0.4, -0.2) is 48.2 Å². The van der Waals surface area contributed by atoms with Crippen LogP contribution in [0.3, 0.4) is 0 Å². The summed E-state index contributed by atoms with van der Waals surface area (Å²) in [5.74, 6) is -0.0747. The first kappa shape index (κ1) is 23.9. The number of piperazine rings is 1. The van der Waals surface area contributed by atoms with E-state index in [4.69, 9.17) is 0 Å². The molecule has 0 aromatic heterocycles. The van der Waals surface area contributed by atoms with E-state index in [0.717, 1.165) is 21.4 Å². The maximum atomic E-state index is 13.4. The van der Waals surface area contributed by atoms with Crippen LogP contribution in [0, 0.1) is 0 Å². The van der Waals surface area contributed by atoms with Crippen LogP contribution >= 0.6 is 24.2 Å². The smallest absolute Gasteiger partial charge is 0.396 e. The van der Waals surface area contributed by atoms with Crippen LogP contribution in [-0.2, 0) is 19.0 Å². The number of amides is 1. The number of fused-ring (bicyclic) bond motifs is 2. The van der Waals surface area contributed by atoms with E-state index in [9.17, 15) is 23.1 Å². The second kappa shape index (κ2) is 9.81. The van der Waals surface area contributed by atoms with Crippen molar-refractivity contribution in [1.29, 1.82) is 0 Å². The van der Waals surface area contributed by atoms with Gasteiger partial charge in [-0.2, -0.15) is 13.2 Å². The first-order chi connectivity index (χ1) is 14.4. The Morgan fingerprint density at radius 1 is 1.19 bits per heavy atom. The minimum Gasteiger partial charge on any atom is -0.396 e. The molecule has 1 unspecified atom stereocenters. The van der Waals surface area contributed by atoms with E-state index in [2.05, 4.69) is 5.32 Å². The topological polar surface area (TPSA) is 52.6 Å². The predicted octanol–water partition coefficient (Wildman–Crippen LogP) is 4.17. The van der Waals surface area contributed by atoms with Gasteiger partial charge in [0, 0.05) is 47.6 Å². The van der Waals surface area contributed by atoms with Gasteiger partial charge in [0.25, 0.3) is 5.91 Å². The SMILES string of the molecule is Cl.O=C(c1cccc2c1CCc1cc(C(F)(F)F)ccc1S2)N1CCNCC1CCO. The van der Waals surface area contributed by atoms with Crippen molar-refractivity contribution in [3.63, 3.8) is 0 Å². The molecule has 1 amide bonds. The third-order valence-electron chi connectivity index (χ3n) is 5.69. The molecule has 31 heavy (non-hydrogen) atoms. The number of carbonyl (C=O) groups is 1. The zero-order valence-corrected chi connectivity index (χ0v) is 18.4. The van der Waals surface area contributed by atoms with Crippen LogP contribution in [0.1, 0.15) is 33.5 Å². The number of carbonyl (C=O) groups excluding carboxylic acids is 1. The maximum Gasteiger partial charge on any atom is 0.416 e. The number of hydrogen-bond acceptors (Lipinski definition) is 4. The highest BCUT2D eigenvalue weighted by molar-refractivity contribution is 7.99. The van der Waals surface area contributed by atoms with Crippen molar-refractivity contribution < 1.29 is 23.1 Å². The highest BCUT2D eigenvalue weighted by atomic mass is 35.5. The number of aliphatic hydroxyl groups excluding tert-OH is 1. The van der Waals surface area contributed by atoms with Crippen molar-refractivity contribution in [2.24, 2.45) is 0 Å². The van der Waals surface area contributed by atoms with Gasteiger partial charge < -0.3 is 15.3 Å². The van der Waals surface area contributed by atoms with E-state index in [0.29, 0.717) is 50.0 Å². The minimum atomic E-state index is -4.37. The Morgan fingerprint density at radius 3 is 2.74 bits per heavy atom. The lowest BCUT2D eigenvalue weighted by atomic mass is 9.97. The van der Waals surface area contributed by atoms with Crippen molar-refractivity contribution >= 4 is 30.1 Å². The molecule has 0 bridgehead atoms. The number of nitrogens with zero attached hydrogens (tertiary/aromatic N) is 1. The normalized spacial score (nSPS) is 18.5. The van der Waals surface area contributed by atoms with Gasteiger partial charge in [0.1, 0.15) is 0 Å². The van der Waals surface area contributed by atoms with E-state index >= 15 is 0 Å². The Balaban J connectivity index is 0.00000272. The summed E-state index contributed by atoms with van der Waals surface area (Å²) in [7, 11) is 0. The third kappa shape index (κ3) is 5.03. The summed E-state index contributed by atoms with van der Waals surface area (Å²) in [6.07, 6.45) is -2.90. The molecule has 2 heterocycles. The monoisotopic (exact) mass is 472 g/mol. The molecule has 0 spiro atoms. The molecule has 2 aliphatic rings. The molecule has 168 valence electrons. The van der Waals surface area contributed by atoms with E-state index in [1.165, 1.54) is 23.9 Å². The molecule has 4 rings (SSSR count). The lowest BCUT2D eigenvalue weighted by Gasteiger charge is -2.36. The first-order valence-corrected chi connectivity index (χ1v) is 10.8. The Kier molecular flexibility index (Phi) is 7.57. The summed E-state index contributed by atoms with van der Waals surface area (Å²) in [5.41, 5.74) is 1.51. The van der Waals surface area contributed by atoms with Crippen molar-refractivity contribution in [2.45, 2.75) is 41.3 Å². The van der Waals surface area contributed by atoms with E-state index in [1.807, 2.05) is 17.0 Å². The summed E-state index contributed by atoms with van der Waals surface area (Å²) in [6.45, 7) is 1.91. The Morgan fingerprint density at radius 2 is 2.00 bits per heavy atom. The maximum absolute atomic E-state index is 13.4. The zero-order chi connectivity index (χ0) is 21.3. The quantitative estimate of drug-likeness (QED) is 0.704. The highest BCUT2D eigenvalue weighted by Crippen LogP contribution is 2.41. The number of aliphatic hydroxyl groups is 1. The lowest BCUT2D eigenvalue weighted by molar-refractivity contribution is -0.137. The van der Waals surface area contributed by atoms with Gasteiger partial charge in [0.2, 0.25) is 0 Å². The molecule has 9 heteroatoms. The predicted molar refractivity (Wildman–Crippen MR) is 116 cm³/mol. The van der Waals surface area contributed by atoms with Crippen molar-refractivity contribution in [3.8, 4) is 0 Å². The van der Waals surface area contributed by atoms with Crippen LogP contribution in [0.15, 0.2) is 46.2 Å². The van der Waals surface area contributed by atoms with Crippen LogP contribution in [0.5, 0.6) is 0 Å². The number of halogens is 4. The van der Waals surface area contributed by atoms with E-state index < -0.39 is 11.7 Å². The fourth-order valence-corrected chi connectivity index (χ4v) is 5.29. The van der Waals surface area contributed by atoms with Gasteiger partial charge in [0.05, 0.1) is 5.56 Å². The van der Waals surface area contributed by atoms with Crippen molar-refractivity contribution in [1.82, 2.24) is 10.2 Å². The molecule has 0 aliphatic carbocycles. The van der Waals surface area contributed by atoms with E-state index in [1.54, 1.807) is 6.07 Å². The van der Waals surface area contributed by atoms with Crippen molar-refractivity contribution in [2.75, 3.05) is 26.2 Å². The molecule has 1 fully saturated rings. The Hall–Kier alpha value is -1.74. The van der Waals surface area contributed by atoms with Crippen LogP contribution < -0.4 is 5.32 Å². The van der Waals surface area contributed by atoms with Gasteiger partial charge in [0.15, 0.2) is 0 Å². The Bertz CT molecular complexity index is 953. The molecule has 2 aromatic carbocycles. The second-order valence-electron chi connectivity index (χ2n) is 7.57. The molecule has 0 radical (unpaired) electrons. The van der Waals surface area contributed by atoms with Crippen molar-refractivity contribution in [3.05, 3.63) is 58.7 Å². The molecule has 1 saturated heterocycles. The third-order valence-corrected chi connectivity index (χ3v) is 6.91. The van der Waals surface area contributed by atoms with E-state index in [-0.39, 0.29) is 31.0 Å². The van der Waals surface area contributed by atoms with Gasteiger partial charge in [-0.25, -0.2) is 0 Å². The number of nitrogens with one attached hydrogen (secondary N) is 1. The Labute approximate surface area is 189 Å². The van der Waals surface area contributed by atoms with Gasteiger partial charge in [-0.15, -0.1) is 12.4 Å². The fraction of sp³-hybridized carbons (Fsp3) is 0.409. The van der Waals surface area contributed by atoms with Gasteiger partial charge in [-0.3, -0.25) is 4.79 Å². The second-order valence-corrected chi connectivity index (χ2v) is 8.66. The molecular formula is C22H24ClF3N2O2S. The molecule has 2 aliphatic heterocycles. The highest BCUT2D eigenvalue weighted by Gasteiger charge is 2.32.